The number of nitrogens with zero attached hydrogens (tertiary/aromatic N) is 4. The lowest BCUT2D eigenvalue weighted by atomic mass is 10.2. The molecule has 1 aromatic rings. The molecule has 8 heteroatoms. The zero-order valence-electron chi connectivity index (χ0n) is 12.1. The Bertz CT molecular complexity index is 584. The lowest BCUT2D eigenvalue weighted by Crippen LogP contribution is -2.48. The van der Waals surface area contributed by atoms with Crippen molar-refractivity contribution >= 4 is 10.2 Å². The third-order valence-corrected chi connectivity index (χ3v) is 5.88. The number of aromatic nitrogens is 2. The highest BCUT2D eigenvalue weighted by Crippen LogP contribution is 2.24. The Hall–Kier alpha value is -1.09. The maximum Gasteiger partial charge on any atom is 0.282 e. The minimum absolute atomic E-state index is 0.302. The van der Waals surface area contributed by atoms with Gasteiger partial charge in [0.15, 0.2) is 0 Å². The van der Waals surface area contributed by atoms with Crippen molar-refractivity contribution in [1.29, 1.82) is 0 Å². The molecule has 0 radical (unpaired) electrons. The van der Waals surface area contributed by atoms with Crippen LogP contribution in [0.15, 0.2) is 12.4 Å². The first-order valence-electron chi connectivity index (χ1n) is 7.23. The predicted octanol–water partition coefficient (Wildman–Crippen LogP) is 0.499. The van der Waals surface area contributed by atoms with E-state index in [2.05, 4.69) is 9.97 Å². The molecular formula is C13H20N4O3S. The van der Waals surface area contributed by atoms with E-state index in [1.165, 1.54) is 4.31 Å². The average molecular weight is 312 g/mol. The van der Waals surface area contributed by atoms with Crippen molar-refractivity contribution in [2.75, 3.05) is 32.8 Å². The molecule has 0 bridgehead atoms. The maximum atomic E-state index is 12.6. The molecule has 7 nitrogen and oxygen atoms in total. The minimum atomic E-state index is -3.37. The van der Waals surface area contributed by atoms with E-state index in [-0.39, 0.29) is 6.10 Å². The Morgan fingerprint density at radius 2 is 1.90 bits per heavy atom. The molecule has 0 saturated carbocycles. The van der Waals surface area contributed by atoms with Crippen LogP contribution >= 0.6 is 0 Å². The van der Waals surface area contributed by atoms with E-state index < -0.39 is 10.2 Å². The summed E-state index contributed by atoms with van der Waals surface area (Å²) in [5, 5.41) is 0. The highest BCUT2D eigenvalue weighted by atomic mass is 32.2. The molecule has 2 aliphatic rings. The summed E-state index contributed by atoms with van der Waals surface area (Å²) in [5.41, 5.74) is 1.51. The van der Waals surface area contributed by atoms with Gasteiger partial charge in [-0.1, -0.05) is 0 Å². The zero-order chi connectivity index (χ0) is 14.9. The van der Waals surface area contributed by atoms with E-state index in [9.17, 15) is 8.42 Å². The van der Waals surface area contributed by atoms with Gasteiger partial charge in [0.25, 0.3) is 10.2 Å². The molecule has 116 valence electrons. The van der Waals surface area contributed by atoms with Gasteiger partial charge in [-0.25, -0.2) is 0 Å². The van der Waals surface area contributed by atoms with Crippen LogP contribution in [0.4, 0.5) is 0 Å². The molecule has 0 spiro atoms. The number of morpholine rings is 1. The lowest BCUT2D eigenvalue weighted by Gasteiger charge is -2.34. The number of aryl methyl sites for hydroxylation is 1. The van der Waals surface area contributed by atoms with Crippen LogP contribution in [0.3, 0.4) is 0 Å². The Balaban J connectivity index is 1.75. The third-order valence-electron chi connectivity index (χ3n) is 3.88. The van der Waals surface area contributed by atoms with Crippen molar-refractivity contribution in [3.63, 3.8) is 0 Å². The predicted molar refractivity (Wildman–Crippen MR) is 76.8 cm³/mol. The second-order valence-corrected chi connectivity index (χ2v) is 7.34. The van der Waals surface area contributed by atoms with Crippen LogP contribution in [-0.2, 0) is 14.9 Å². The van der Waals surface area contributed by atoms with E-state index >= 15 is 0 Å². The second kappa shape index (κ2) is 5.96. The summed E-state index contributed by atoms with van der Waals surface area (Å²) in [6.45, 7) is 4.19. The van der Waals surface area contributed by atoms with Gasteiger partial charge in [0.2, 0.25) is 0 Å². The van der Waals surface area contributed by atoms with E-state index in [4.69, 9.17) is 4.74 Å². The maximum absolute atomic E-state index is 12.6. The van der Waals surface area contributed by atoms with Crippen LogP contribution in [0.25, 0.3) is 0 Å². The molecule has 2 fully saturated rings. The van der Waals surface area contributed by atoms with Gasteiger partial charge in [-0.3, -0.25) is 9.97 Å². The second-order valence-electron chi connectivity index (χ2n) is 5.41. The summed E-state index contributed by atoms with van der Waals surface area (Å²) < 4.78 is 33.9. The van der Waals surface area contributed by atoms with E-state index in [0.717, 1.165) is 18.5 Å². The van der Waals surface area contributed by atoms with Crippen molar-refractivity contribution in [2.45, 2.75) is 25.9 Å². The molecule has 1 atom stereocenters. The molecule has 0 amide bonds. The number of rotatable bonds is 3. The molecule has 3 rings (SSSR count). The summed E-state index contributed by atoms with van der Waals surface area (Å²) in [7, 11) is -3.37. The average Bonchev–Trinajstić information content (AvgIpc) is 3.03. The van der Waals surface area contributed by atoms with Crippen LogP contribution in [0.2, 0.25) is 0 Å². The summed E-state index contributed by atoms with van der Waals surface area (Å²) in [4.78, 5) is 8.49. The van der Waals surface area contributed by atoms with Crippen molar-refractivity contribution < 1.29 is 13.2 Å². The van der Waals surface area contributed by atoms with Gasteiger partial charge in [0.1, 0.15) is 6.10 Å². The fraction of sp³-hybridized carbons (Fsp3) is 0.692. The van der Waals surface area contributed by atoms with Gasteiger partial charge in [0.05, 0.1) is 24.2 Å². The van der Waals surface area contributed by atoms with Crippen LogP contribution in [-0.4, -0.2) is 59.8 Å². The molecule has 0 aromatic carbocycles. The van der Waals surface area contributed by atoms with Crippen LogP contribution in [0, 0.1) is 6.92 Å². The topological polar surface area (TPSA) is 75.6 Å². The first kappa shape index (κ1) is 14.8. The fourth-order valence-electron chi connectivity index (χ4n) is 2.67. The van der Waals surface area contributed by atoms with Gasteiger partial charge in [-0.2, -0.15) is 17.0 Å². The molecule has 21 heavy (non-hydrogen) atoms. The van der Waals surface area contributed by atoms with E-state index in [0.29, 0.717) is 38.5 Å². The highest BCUT2D eigenvalue weighted by Gasteiger charge is 2.36. The molecule has 1 unspecified atom stereocenters. The fourth-order valence-corrected chi connectivity index (χ4v) is 4.34. The minimum Gasteiger partial charge on any atom is -0.369 e. The smallest absolute Gasteiger partial charge is 0.282 e. The number of ether oxygens (including phenoxy) is 1. The van der Waals surface area contributed by atoms with Crippen molar-refractivity contribution in [1.82, 2.24) is 18.6 Å². The molecule has 0 N–H and O–H groups in total. The third kappa shape index (κ3) is 3.08. The van der Waals surface area contributed by atoms with E-state index in [1.54, 1.807) is 16.7 Å². The Labute approximate surface area is 125 Å². The Morgan fingerprint density at radius 1 is 1.14 bits per heavy atom. The van der Waals surface area contributed by atoms with Gasteiger partial charge in [-0.05, 0) is 19.8 Å². The lowest BCUT2D eigenvalue weighted by molar-refractivity contribution is -0.00668. The van der Waals surface area contributed by atoms with Crippen LogP contribution in [0.5, 0.6) is 0 Å². The van der Waals surface area contributed by atoms with Gasteiger partial charge >= 0.3 is 0 Å². The first-order chi connectivity index (χ1) is 10.1. The molecular weight excluding hydrogens is 292 g/mol. The highest BCUT2D eigenvalue weighted by molar-refractivity contribution is 7.86. The van der Waals surface area contributed by atoms with E-state index in [1.807, 2.05) is 6.92 Å². The molecule has 2 aliphatic heterocycles. The monoisotopic (exact) mass is 312 g/mol. The quantitative estimate of drug-likeness (QED) is 0.812. The normalized spacial score (nSPS) is 25.3. The molecule has 1 aromatic heterocycles. The summed E-state index contributed by atoms with van der Waals surface area (Å²) in [6.07, 6.45) is 4.87. The largest absolute Gasteiger partial charge is 0.369 e. The van der Waals surface area contributed by atoms with Crippen LogP contribution < -0.4 is 0 Å². The van der Waals surface area contributed by atoms with Gasteiger partial charge in [-0.15, -0.1) is 0 Å². The SMILES string of the molecule is Cc1cnc(C2CN(S(=O)(=O)N3CCCC3)CCO2)cn1. The van der Waals surface area contributed by atoms with Crippen molar-refractivity contribution in [3.8, 4) is 0 Å². The molecule has 3 heterocycles. The summed E-state index contributed by atoms with van der Waals surface area (Å²) in [5.74, 6) is 0. The molecule has 0 aliphatic carbocycles. The van der Waals surface area contributed by atoms with Gasteiger partial charge < -0.3 is 4.74 Å². The van der Waals surface area contributed by atoms with Crippen molar-refractivity contribution in [2.24, 2.45) is 0 Å². The Morgan fingerprint density at radius 3 is 2.57 bits per heavy atom. The standard InChI is InChI=1S/C13H20N4O3S/c1-11-8-15-12(9-14-11)13-10-17(6-7-20-13)21(18,19)16-4-2-3-5-16/h8-9,13H,2-7,10H2,1H3. The number of hydrogen-bond donors (Lipinski definition) is 0. The number of hydrogen-bond acceptors (Lipinski definition) is 5. The Kier molecular flexibility index (Phi) is 4.21. The van der Waals surface area contributed by atoms with Crippen molar-refractivity contribution in [3.05, 3.63) is 23.8 Å². The molecule has 2 saturated heterocycles. The summed E-state index contributed by atoms with van der Waals surface area (Å²) in [6, 6.07) is 0. The zero-order valence-corrected chi connectivity index (χ0v) is 12.9. The van der Waals surface area contributed by atoms with Crippen LogP contribution in [0.1, 0.15) is 30.3 Å². The summed E-state index contributed by atoms with van der Waals surface area (Å²) >= 11 is 0. The van der Waals surface area contributed by atoms with Gasteiger partial charge in [0, 0.05) is 32.4 Å². The first-order valence-corrected chi connectivity index (χ1v) is 8.62.